The van der Waals surface area contributed by atoms with Crippen LogP contribution in [-0.4, -0.2) is 47.4 Å². The zero-order valence-electron chi connectivity index (χ0n) is 8.82. The van der Waals surface area contributed by atoms with Gasteiger partial charge in [-0.25, -0.2) is 0 Å². The van der Waals surface area contributed by atoms with Gasteiger partial charge in [0.15, 0.2) is 0 Å². The van der Waals surface area contributed by atoms with Crippen molar-refractivity contribution in [1.29, 1.82) is 0 Å². The standard InChI is InChI=1S/C8H15N5O2/c1-9-6-11-7(10-4-3-5-14)13-8(12-6)15-2/h14H,3-5H2,1-2H3,(H2,9,10,11,12,13). The SMILES string of the molecule is CNc1nc(NCCCO)nc(OC)n1. The van der Waals surface area contributed by atoms with Crippen LogP contribution < -0.4 is 15.4 Å². The van der Waals surface area contributed by atoms with E-state index in [0.717, 1.165) is 0 Å². The molecule has 0 aliphatic heterocycles. The number of ether oxygens (including phenoxy) is 1. The van der Waals surface area contributed by atoms with Crippen LogP contribution in [0.4, 0.5) is 11.9 Å². The van der Waals surface area contributed by atoms with E-state index in [4.69, 9.17) is 9.84 Å². The summed E-state index contributed by atoms with van der Waals surface area (Å²) in [6.45, 7) is 0.737. The molecule has 0 aliphatic rings. The first-order chi connectivity index (χ1) is 7.30. The molecule has 0 bridgehead atoms. The fraction of sp³-hybridized carbons (Fsp3) is 0.625. The van der Waals surface area contributed by atoms with Crippen LogP contribution in [0.25, 0.3) is 0 Å². The predicted molar refractivity (Wildman–Crippen MR) is 56.1 cm³/mol. The van der Waals surface area contributed by atoms with Crippen molar-refractivity contribution >= 4 is 11.9 Å². The Kier molecular flexibility index (Phi) is 4.55. The molecule has 7 heteroatoms. The molecule has 0 amide bonds. The predicted octanol–water partition coefficient (Wildman–Crippen LogP) is -0.284. The number of hydrogen-bond acceptors (Lipinski definition) is 7. The van der Waals surface area contributed by atoms with E-state index in [1.165, 1.54) is 7.11 Å². The number of nitrogens with one attached hydrogen (secondary N) is 2. The van der Waals surface area contributed by atoms with Crippen LogP contribution in [-0.2, 0) is 0 Å². The van der Waals surface area contributed by atoms with Crippen molar-refractivity contribution in [3.8, 4) is 6.01 Å². The molecule has 15 heavy (non-hydrogen) atoms. The van der Waals surface area contributed by atoms with Crippen LogP contribution in [0.1, 0.15) is 6.42 Å². The first-order valence-electron chi connectivity index (χ1n) is 4.62. The maximum absolute atomic E-state index is 8.62. The van der Waals surface area contributed by atoms with Crippen molar-refractivity contribution < 1.29 is 9.84 Å². The van der Waals surface area contributed by atoms with Crippen LogP contribution in [0.3, 0.4) is 0 Å². The van der Waals surface area contributed by atoms with E-state index >= 15 is 0 Å². The first kappa shape index (κ1) is 11.4. The highest BCUT2D eigenvalue weighted by Gasteiger charge is 2.04. The number of aliphatic hydroxyl groups excluding tert-OH is 1. The Balaban J connectivity index is 2.68. The van der Waals surface area contributed by atoms with Crippen LogP contribution in [0.2, 0.25) is 0 Å². The average molecular weight is 213 g/mol. The number of aromatic nitrogens is 3. The van der Waals surface area contributed by atoms with Gasteiger partial charge in [0.1, 0.15) is 0 Å². The van der Waals surface area contributed by atoms with Gasteiger partial charge in [0.2, 0.25) is 11.9 Å². The maximum Gasteiger partial charge on any atom is 0.322 e. The second-order valence-electron chi connectivity index (χ2n) is 2.72. The molecule has 3 N–H and O–H groups in total. The minimum atomic E-state index is 0.133. The highest BCUT2D eigenvalue weighted by molar-refractivity contribution is 5.35. The van der Waals surface area contributed by atoms with Gasteiger partial charge in [0.25, 0.3) is 0 Å². The van der Waals surface area contributed by atoms with Gasteiger partial charge in [-0.1, -0.05) is 0 Å². The summed E-state index contributed by atoms with van der Waals surface area (Å²) in [4.78, 5) is 12.0. The monoisotopic (exact) mass is 213 g/mol. The molecule has 0 radical (unpaired) electrons. The Labute approximate surface area is 87.9 Å². The normalized spacial score (nSPS) is 9.80. The van der Waals surface area contributed by atoms with E-state index in [9.17, 15) is 0 Å². The molecule has 0 aliphatic carbocycles. The van der Waals surface area contributed by atoms with Crippen LogP contribution >= 0.6 is 0 Å². The zero-order chi connectivity index (χ0) is 11.1. The topological polar surface area (TPSA) is 92.2 Å². The highest BCUT2D eigenvalue weighted by atomic mass is 16.5. The van der Waals surface area contributed by atoms with Crippen molar-refractivity contribution in [3.63, 3.8) is 0 Å². The van der Waals surface area contributed by atoms with E-state index in [-0.39, 0.29) is 12.6 Å². The molecule has 0 aromatic carbocycles. The summed E-state index contributed by atoms with van der Waals surface area (Å²) in [7, 11) is 3.21. The lowest BCUT2D eigenvalue weighted by atomic mass is 10.4. The summed E-state index contributed by atoms with van der Waals surface area (Å²) in [6, 6.07) is 0.251. The molecule has 7 nitrogen and oxygen atoms in total. The van der Waals surface area contributed by atoms with E-state index in [1.54, 1.807) is 7.05 Å². The summed E-state index contributed by atoms with van der Waals surface area (Å²) in [5.74, 6) is 0.869. The molecular weight excluding hydrogens is 198 g/mol. The van der Waals surface area contributed by atoms with Crippen molar-refractivity contribution in [3.05, 3.63) is 0 Å². The second kappa shape index (κ2) is 5.97. The Bertz CT molecular complexity index is 285. The lowest BCUT2D eigenvalue weighted by molar-refractivity contribution is 0.292. The van der Waals surface area contributed by atoms with Gasteiger partial charge in [0.05, 0.1) is 7.11 Å². The third-order valence-electron chi connectivity index (χ3n) is 1.64. The molecular formula is C8H15N5O2. The van der Waals surface area contributed by atoms with Gasteiger partial charge in [-0.3, -0.25) is 0 Å². The lowest BCUT2D eigenvalue weighted by Gasteiger charge is -2.06. The molecule has 1 aromatic rings. The minimum Gasteiger partial charge on any atom is -0.467 e. The summed E-state index contributed by atoms with van der Waals surface area (Å²) >= 11 is 0. The molecule has 1 aromatic heterocycles. The summed E-state index contributed by atoms with van der Waals surface area (Å²) in [5.41, 5.74) is 0. The van der Waals surface area contributed by atoms with Gasteiger partial charge in [-0.15, -0.1) is 0 Å². The number of anilines is 2. The van der Waals surface area contributed by atoms with Crippen LogP contribution in [0, 0.1) is 0 Å². The number of hydrogen-bond donors (Lipinski definition) is 3. The summed E-state index contributed by atoms with van der Waals surface area (Å²) in [5, 5.41) is 14.4. The fourth-order valence-corrected chi connectivity index (χ4v) is 0.918. The average Bonchev–Trinajstić information content (AvgIpc) is 2.29. The molecule has 1 rings (SSSR count). The van der Waals surface area contributed by atoms with Gasteiger partial charge in [0, 0.05) is 20.2 Å². The molecule has 84 valence electrons. The summed E-state index contributed by atoms with van der Waals surface area (Å²) < 4.78 is 4.91. The fourth-order valence-electron chi connectivity index (χ4n) is 0.918. The molecule has 0 atom stereocenters. The second-order valence-corrected chi connectivity index (χ2v) is 2.72. The highest BCUT2D eigenvalue weighted by Crippen LogP contribution is 2.09. The molecule has 0 saturated heterocycles. The molecule has 0 fully saturated rings. The smallest absolute Gasteiger partial charge is 0.322 e. The number of methoxy groups -OCH3 is 1. The number of nitrogens with zero attached hydrogens (tertiary/aromatic N) is 3. The molecule has 1 heterocycles. The largest absolute Gasteiger partial charge is 0.467 e. The van der Waals surface area contributed by atoms with Crippen molar-refractivity contribution in [1.82, 2.24) is 15.0 Å². The van der Waals surface area contributed by atoms with Gasteiger partial charge in [-0.2, -0.15) is 15.0 Å². The lowest BCUT2D eigenvalue weighted by Crippen LogP contribution is -2.10. The Morgan fingerprint density at radius 2 is 2.00 bits per heavy atom. The van der Waals surface area contributed by atoms with Crippen molar-refractivity contribution in [2.75, 3.05) is 37.9 Å². The molecule has 0 spiro atoms. The third kappa shape index (κ3) is 3.55. The summed E-state index contributed by atoms with van der Waals surface area (Å²) in [6.07, 6.45) is 0.642. The van der Waals surface area contributed by atoms with Gasteiger partial charge in [-0.05, 0) is 6.42 Å². The third-order valence-corrected chi connectivity index (χ3v) is 1.64. The van der Waals surface area contributed by atoms with Crippen molar-refractivity contribution in [2.24, 2.45) is 0 Å². The molecule has 0 unspecified atom stereocenters. The number of rotatable bonds is 6. The van der Waals surface area contributed by atoms with Gasteiger partial charge < -0.3 is 20.5 Å². The first-order valence-corrected chi connectivity index (χ1v) is 4.62. The van der Waals surface area contributed by atoms with Crippen LogP contribution in [0.15, 0.2) is 0 Å². The zero-order valence-corrected chi connectivity index (χ0v) is 8.82. The van der Waals surface area contributed by atoms with Gasteiger partial charge >= 0.3 is 6.01 Å². The Morgan fingerprint density at radius 1 is 1.27 bits per heavy atom. The quantitative estimate of drug-likeness (QED) is 0.559. The van der Waals surface area contributed by atoms with E-state index in [2.05, 4.69) is 25.6 Å². The Hall–Kier alpha value is -1.63. The van der Waals surface area contributed by atoms with Crippen molar-refractivity contribution in [2.45, 2.75) is 6.42 Å². The Morgan fingerprint density at radius 3 is 2.60 bits per heavy atom. The minimum absolute atomic E-state index is 0.133. The maximum atomic E-state index is 8.62. The number of aliphatic hydroxyl groups is 1. The van der Waals surface area contributed by atoms with E-state index in [0.29, 0.717) is 24.9 Å². The van der Waals surface area contributed by atoms with Crippen LogP contribution in [0.5, 0.6) is 6.01 Å². The van der Waals surface area contributed by atoms with E-state index < -0.39 is 0 Å². The van der Waals surface area contributed by atoms with E-state index in [1.807, 2.05) is 0 Å². The molecule has 0 saturated carbocycles.